The number of hydrogen-bond donors (Lipinski definition) is 2. The van der Waals surface area contributed by atoms with E-state index in [2.05, 4.69) is 15.9 Å². The van der Waals surface area contributed by atoms with Gasteiger partial charge in [-0.25, -0.2) is 0 Å². The highest BCUT2D eigenvalue weighted by Crippen LogP contribution is 2.49. The number of ether oxygens (including phenoxy) is 2. The summed E-state index contributed by atoms with van der Waals surface area (Å²) in [5.41, 5.74) is 3.73. The number of carbonyl (C=O) groups excluding carboxylic acids is 1. The molecule has 6 nitrogen and oxygen atoms in total. The van der Waals surface area contributed by atoms with E-state index in [1.54, 1.807) is 49.5 Å². The van der Waals surface area contributed by atoms with Gasteiger partial charge in [0.15, 0.2) is 5.78 Å². The Morgan fingerprint density at radius 1 is 1.00 bits per heavy atom. The number of ketones is 1. The lowest BCUT2D eigenvalue weighted by Gasteiger charge is -2.42. The average molecular weight is 559 g/mol. The number of rotatable bonds is 5. The topological polar surface area (TPSA) is 82.8 Å². The maximum Gasteiger partial charge on any atom is 0.161 e. The van der Waals surface area contributed by atoms with Crippen molar-refractivity contribution in [2.24, 2.45) is 0 Å². The molecular weight excluding hydrogens is 532 g/mol. The Morgan fingerprint density at radius 2 is 1.73 bits per heavy atom. The molecule has 0 amide bonds. The molecule has 1 aliphatic heterocycles. The number of carbonyl (C=O) groups is 1. The van der Waals surface area contributed by atoms with Crippen LogP contribution in [-0.2, 0) is 4.79 Å². The fourth-order valence-corrected chi connectivity index (χ4v) is 5.43. The summed E-state index contributed by atoms with van der Waals surface area (Å²) in [6.45, 7) is 0. The quantitative estimate of drug-likeness (QED) is 0.328. The first-order valence-electron chi connectivity index (χ1n) is 12.1. The van der Waals surface area contributed by atoms with E-state index in [1.165, 1.54) is 0 Å². The lowest BCUT2D eigenvalue weighted by molar-refractivity contribution is -0.116. The molecule has 2 aliphatic rings. The summed E-state index contributed by atoms with van der Waals surface area (Å²) in [7, 11) is 3.15. The molecule has 0 saturated heterocycles. The molecule has 7 heteroatoms. The van der Waals surface area contributed by atoms with E-state index < -0.39 is 5.92 Å². The van der Waals surface area contributed by atoms with Crippen molar-refractivity contribution >= 4 is 39.0 Å². The van der Waals surface area contributed by atoms with Crippen molar-refractivity contribution in [1.29, 1.82) is 5.41 Å². The zero-order valence-corrected chi connectivity index (χ0v) is 22.2. The molecule has 188 valence electrons. The summed E-state index contributed by atoms with van der Waals surface area (Å²) < 4.78 is 12.1. The van der Waals surface area contributed by atoms with Crippen molar-refractivity contribution in [2.75, 3.05) is 19.1 Å². The van der Waals surface area contributed by atoms with Gasteiger partial charge in [-0.3, -0.25) is 15.1 Å². The smallest absolute Gasteiger partial charge is 0.161 e. The van der Waals surface area contributed by atoms with E-state index in [1.807, 2.05) is 42.5 Å². The van der Waals surface area contributed by atoms with Crippen LogP contribution in [0.1, 0.15) is 36.3 Å². The first-order chi connectivity index (χ1) is 17.9. The van der Waals surface area contributed by atoms with Crippen molar-refractivity contribution in [2.45, 2.75) is 25.2 Å². The summed E-state index contributed by atoms with van der Waals surface area (Å²) in [5.74, 6) is 0.629. The van der Waals surface area contributed by atoms with Crippen molar-refractivity contribution in [3.05, 3.63) is 105 Å². The Labute approximate surface area is 224 Å². The maximum absolute atomic E-state index is 13.6. The predicted octanol–water partition coefficient (Wildman–Crippen LogP) is 7.02. The van der Waals surface area contributed by atoms with Gasteiger partial charge in [-0.15, -0.1) is 0 Å². The van der Waals surface area contributed by atoms with Gasteiger partial charge in [0.25, 0.3) is 0 Å². The Hall–Kier alpha value is -3.84. The van der Waals surface area contributed by atoms with Crippen LogP contribution in [0.15, 0.2) is 94.1 Å². The van der Waals surface area contributed by atoms with Crippen LogP contribution >= 0.6 is 15.9 Å². The minimum Gasteiger partial charge on any atom is -0.507 e. The second-order valence-electron chi connectivity index (χ2n) is 8.97. The summed E-state index contributed by atoms with van der Waals surface area (Å²) in [4.78, 5) is 15.4. The number of anilines is 1. The monoisotopic (exact) mass is 558 g/mol. The number of halogens is 1. The molecule has 2 N–H and O–H groups in total. The summed E-state index contributed by atoms with van der Waals surface area (Å²) in [6.07, 6.45) is 1.72. The van der Waals surface area contributed by atoms with Gasteiger partial charge >= 0.3 is 0 Å². The highest BCUT2D eigenvalue weighted by Gasteiger charge is 2.43. The fourth-order valence-electron chi connectivity index (χ4n) is 5.17. The number of amidine groups is 1. The third kappa shape index (κ3) is 4.44. The predicted molar refractivity (Wildman–Crippen MR) is 149 cm³/mol. The molecule has 1 aliphatic carbocycles. The number of aliphatic hydroxyl groups excluding tert-OH is 1. The zero-order chi connectivity index (χ0) is 26.1. The molecular formula is C30H27BrN2O4. The number of hydrogen-bond acceptors (Lipinski definition) is 5. The lowest BCUT2D eigenvalue weighted by Crippen LogP contribution is -2.42. The van der Waals surface area contributed by atoms with Crippen molar-refractivity contribution in [3.63, 3.8) is 0 Å². The number of nitrogens with zero attached hydrogens (tertiary/aromatic N) is 1. The van der Waals surface area contributed by atoms with Crippen LogP contribution in [0.3, 0.4) is 0 Å². The minimum absolute atomic E-state index is 0.0203. The third-order valence-corrected chi connectivity index (χ3v) is 7.42. The van der Waals surface area contributed by atoms with Gasteiger partial charge in [-0.05, 0) is 42.7 Å². The van der Waals surface area contributed by atoms with E-state index in [0.29, 0.717) is 53.2 Å². The van der Waals surface area contributed by atoms with Gasteiger partial charge in [-0.2, -0.15) is 0 Å². The molecule has 0 aromatic heterocycles. The summed E-state index contributed by atoms with van der Waals surface area (Å²) >= 11 is 3.50. The summed E-state index contributed by atoms with van der Waals surface area (Å²) in [5, 5.41) is 21.2. The van der Waals surface area contributed by atoms with Crippen molar-refractivity contribution in [1.82, 2.24) is 0 Å². The third-order valence-electron chi connectivity index (χ3n) is 6.89. The SMILES string of the molecule is COc1ccc(OC)c(N2C(=N)/C(=C(/O)c3ccccc3)[C@@H](c3ccc(Br)cc3)C3=C2CCCC3=O)c1. The standard InChI is InChI=1S/C30H27BrN2O4/c1-36-21-15-16-25(37-2)23(17-21)33-22-9-6-10-24(34)27(22)26(18-11-13-20(31)14-12-18)28(30(33)32)29(35)19-7-4-3-5-8-19/h3-5,7-8,11-17,26,32,35H,6,9-10H2,1-2H3/b29-28+,32-30?/t26-/m0/s1. The molecule has 0 unspecified atom stereocenters. The van der Waals surface area contributed by atoms with Crippen LogP contribution < -0.4 is 14.4 Å². The van der Waals surface area contributed by atoms with Crippen molar-refractivity contribution in [3.8, 4) is 11.5 Å². The van der Waals surface area contributed by atoms with Crippen molar-refractivity contribution < 1.29 is 19.4 Å². The normalized spacial score (nSPS) is 19.0. The maximum atomic E-state index is 13.6. The van der Waals surface area contributed by atoms with Crippen LogP contribution in [0.2, 0.25) is 0 Å². The number of Topliss-reactive ketones (excluding diaryl/α,β-unsaturated/α-hetero) is 1. The first kappa shape index (κ1) is 24.8. The van der Waals surface area contributed by atoms with Gasteiger partial charge in [0, 0.05) is 45.3 Å². The lowest BCUT2D eigenvalue weighted by atomic mass is 9.73. The molecule has 1 heterocycles. The summed E-state index contributed by atoms with van der Waals surface area (Å²) in [6, 6.07) is 22.2. The number of aliphatic hydroxyl groups is 1. The molecule has 0 bridgehead atoms. The molecule has 3 aromatic carbocycles. The number of allylic oxidation sites excluding steroid dienone is 2. The van der Waals surface area contributed by atoms with E-state index in [-0.39, 0.29) is 17.4 Å². The van der Waals surface area contributed by atoms with E-state index in [0.717, 1.165) is 15.7 Å². The van der Waals surface area contributed by atoms with Crippen LogP contribution in [0.25, 0.3) is 5.76 Å². The number of benzene rings is 3. The van der Waals surface area contributed by atoms with E-state index in [9.17, 15) is 15.3 Å². The fraction of sp³-hybridized carbons (Fsp3) is 0.200. The van der Waals surface area contributed by atoms with Gasteiger partial charge in [0.05, 0.1) is 19.9 Å². The Morgan fingerprint density at radius 3 is 2.41 bits per heavy atom. The number of methoxy groups -OCH3 is 2. The first-order valence-corrected chi connectivity index (χ1v) is 12.8. The zero-order valence-electron chi connectivity index (χ0n) is 20.6. The highest BCUT2D eigenvalue weighted by molar-refractivity contribution is 9.10. The van der Waals surface area contributed by atoms with E-state index in [4.69, 9.17) is 9.47 Å². The second-order valence-corrected chi connectivity index (χ2v) is 9.89. The van der Waals surface area contributed by atoms with Gasteiger partial charge in [-0.1, -0.05) is 58.4 Å². The highest BCUT2D eigenvalue weighted by atomic mass is 79.9. The molecule has 5 rings (SSSR count). The molecule has 37 heavy (non-hydrogen) atoms. The Balaban J connectivity index is 1.85. The Kier molecular flexibility index (Phi) is 6.89. The van der Waals surface area contributed by atoms with Crippen LogP contribution in [-0.4, -0.2) is 30.9 Å². The van der Waals surface area contributed by atoms with Gasteiger partial charge < -0.3 is 14.6 Å². The second kappa shape index (κ2) is 10.3. The largest absolute Gasteiger partial charge is 0.507 e. The van der Waals surface area contributed by atoms with Gasteiger partial charge in [0.1, 0.15) is 23.1 Å². The minimum atomic E-state index is -0.587. The number of nitrogens with one attached hydrogen (secondary N) is 1. The Bertz CT molecular complexity index is 1430. The molecule has 0 spiro atoms. The van der Waals surface area contributed by atoms with E-state index >= 15 is 0 Å². The average Bonchev–Trinajstić information content (AvgIpc) is 2.93. The van der Waals surface area contributed by atoms with Crippen LogP contribution in [0, 0.1) is 5.41 Å². The molecule has 0 saturated carbocycles. The molecule has 3 aromatic rings. The van der Waals surface area contributed by atoms with Gasteiger partial charge in [0.2, 0.25) is 0 Å². The van der Waals surface area contributed by atoms with Crippen LogP contribution in [0.4, 0.5) is 5.69 Å². The van der Waals surface area contributed by atoms with Crippen LogP contribution in [0.5, 0.6) is 11.5 Å². The molecule has 0 radical (unpaired) electrons. The molecule has 0 fully saturated rings. The molecule has 1 atom stereocenters.